The van der Waals surface area contributed by atoms with E-state index in [0.29, 0.717) is 16.9 Å². The normalized spacial score (nSPS) is 14.7. The van der Waals surface area contributed by atoms with Gasteiger partial charge in [-0.2, -0.15) is 4.68 Å². The SMILES string of the molecule is Cl.Fc1cccc(-n2nnc3c(N4CCNCC4)ncnc32)c1. The summed E-state index contributed by atoms with van der Waals surface area (Å²) in [5, 5.41) is 11.6. The Hall–Kier alpha value is -2.32. The van der Waals surface area contributed by atoms with Crippen LogP contribution in [0.2, 0.25) is 0 Å². The molecule has 0 aliphatic carbocycles. The van der Waals surface area contributed by atoms with E-state index in [9.17, 15) is 4.39 Å². The number of anilines is 1. The van der Waals surface area contributed by atoms with Crippen molar-refractivity contribution in [3.05, 3.63) is 36.4 Å². The van der Waals surface area contributed by atoms with Crippen LogP contribution in [0.4, 0.5) is 10.2 Å². The van der Waals surface area contributed by atoms with Gasteiger partial charge in [-0.25, -0.2) is 14.4 Å². The summed E-state index contributed by atoms with van der Waals surface area (Å²) in [6.45, 7) is 3.53. The van der Waals surface area contributed by atoms with Crippen LogP contribution in [-0.2, 0) is 0 Å². The Morgan fingerprint density at radius 1 is 1.13 bits per heavy atom. The van der Waals surface area contributed by atoms with Crippen LogP contribution < -0.4 is 10.2 Å². The average Bonchev–Trinajstić information content (AvgIpc) is 3.00. The van der Waals surface area contributed by atoms with E-state index in [0.717, 1.165) is 32.0 Å². The molecule has 1 aliphatic rings. The highest BCUT2D eigenvalue weighted by atomic mass is 35.5. The van der Waals surface area contributed by atoms with Crippen LogP contribution in [0.1, 0.15) is 0 Å². The second-order valence-electron chi connectivity index (χ2n) is 5.09. The van der Waals surface area contributed by atoms with Gasteiger partial charge >= 0.3 is 0 Å². The van der Waals surface area contributed by atoms with Crippen LogP contribution in [0.25, 0.3) is 16.9 Å². The van der Waals surface area contributed by atoms with Crippen LogP contribution >= 0.6 is 12.4 Å². The molecule has 2 aromatic heterocycles. The molecule has 1 N–H and O–H groups in total. The van der Waals surface area contributed by atoms with Crippen molar-refractivity contribution in [2.75, 3.05) is 31.1 Å². The maximum absolute atomic E-state index is 13.4. The van der Waals surface area contributed by atoms with E-state index in [-0.39, 0.29) is 18.2 Å². The van der Waals surface area contributed by atoms with E-state index in [1.54, 1.807) is 12.1 Å². The van der Waals surface area contributed by atoms with Gasteiger partial charge in [0.25, 0.3) is 0 Å². The number of fused-ring (bicyclic) bond motifs is 1. The fraction of sp³-hybridized carbons (Fsp3) is 0.286. The van der Waals surface area contributed by atoms with E-state index in [4.69, 9.17) is 0 Å². The lowest BCUT2D eigenvalue weighted by atomic mass is 10.3. The minimum absolute atomic E-state index is 0. The summed E-state index contributed by atoms with van der Waals surface area (Å²) in [7, 11) is 0. The monoisotopic (exact) mass is 335 g/mol. The third-order valence-corrected chi connectivity index (χ3v) is 3.69. The van der Waals surface area contributed by atoms with E-state index in [1.807, 2.05) is 0 Å². The van der Waals surface area contributed by atoms with Gasteiger partial charge < -0.3 is 10.2 Å². The number of benzene rings is 1. The molecule has 0 bridgehead atoms. The molecule has 1 aliphatic heterocycles. The standard InChI is InChI=1S/C14H14FN7.ClH/c15-10-2-1-3-11(8-10)22-14-12(19-20-22)13(17-9-18-14)21-6-4-16-5-7-21;/h1-3,8-9,16H,4-7H2;1H. The van der Waals surface area contributed by atoms with Gasteiger partial charge in [0.2, 0.25) is 0 Å². The molecular formula is C14H15ClFN7. The molecule has 120 valence electrons. The van der Waals surface area contributed by atoms with E-state index < -0.39 is 0 Å². The van der Waals surface area contributed by atoms with E-state index in [2.05, 4.69) is 30.5 Å². The quantitative estimate of drug-likeness (QED) is 0.758. The number of rotatable bonds is 2. The molecule has 3 heterocycles. The second-order valence-corrected chi connectivity index (χ2v) is 5.09. The number of nitrogens with one attached hydrogen (secondary N) is 1. The fourth-order valence-corrected chi connectivity index (χ4v) is 2.63. The zero-order chi connectivity index (χ0) is 14.9. The number of aromatic nitrogens is 5. The molecule has 0 spiro atoms. The van der Waals surface area contributed by atoms with Crippen LogP contribution in [0.3, 0.4) is 0 Å². The van der Waals surface area contributed by atoms with Crippen LogP contribution in [0.5, 0.6) is 0 Å². The molecule has 9 heteroatoms. The van der Waals surface area contributed by atoms with Crippen molar-refractivity contribution < 1.29 is 4.39 Å². The van der Waals surface area contributed by atoms with Gasteiger partial charge in [0.15, 0.2) is 17.0 Å². The van der Waals surface area contributed by atoms with Gasteiger partial charge in [-0.15, -0.1) is 17.5 Å². The number of halogens is 2. The van der Waals surface area contributed by atoms with Crippen LogP contribution in [-0.4, -0.2) is 51.1 Å². The summed E-state index contributed by atoms with van der Waals surface area (Å²) in [4.78, 5) is 10.8. The van der Waals surface area contributed by atoms with Crippen molar-refractivity contribution in [3.8, 4) is 5.69 Å². The Kier molecular flexibility index (Phi) is 4.35. The van der Waals surface area contributed by atoms with Crippen molar-refractivity contribution in [2.24, 2.45) is 0 Å². The summed E-state index contributed by atoms with van der Waals surface area (Å²) in [5.74, 6) is 0.451. The zero-order valence-corrected chi connectivity index (χ0v) is 13.0. The minimum Gasteiger partial charge on any atom is -0.352 e. The number of piperazine rings is 1. The highest BCUT2D eigenvalue weighted by molar-refractivity contribution is 5.85. The first kappa shape index (κ1) is 15.6. The lowest BCUT2D eigenvalue weighted by Gasteiger charge is -2.28. The maximum atomic E-state index is 13.4. The minimum atomic E-state index is -0.322. The first-order valence-corrected chi connectivity index (χ1v) is 7.11. The summed E-state index contributed by atoms with van der Waals surface area (Å²) in [6, 6.07) is 6.20. The van der Waals surface area contributed by atoms with Gasteiger partial charge in [-0.1, -0.05) is 11.3 Å². The molecule has 0 atom stereocenters. The van der Waals surface area contributed by atoms with Crippen molar-refractivity contribution >= 4 is 29.4 Å². The van der Waals surface area contributed by atoms with E-state index in [1.165, 1.54) is 23.1 Å². The number of nitrogens with zero attached hydrogens (tertiary/aromatic N) is 6. The third kappa shape index (κ3) is 2.82. The topological polar surface area (TPSA) is 71.8 Å². The average molecular weight is 336 g/mol. The predicted octanol–water partition coefficient (Wildman–Crippen LogP) is 1.18. The highest BCUT2D eigenvalue weighted by Crippen LogP contribution is 2.22. The molecule has 0 saturated carbocycles. The van der Waals surface area contributed by atoms with Gasteiger partial charge in [-0.3, -0.25) is 0 Å². The third-order valence-electron chi connectivity index (χ3n) is 3.69. The van der Waals surface area contributed by atoms with Gasteiger partial charge in [0.05, 0.1) is 5.69 Å². The van der Waals surface area contributed by atoms with Crippen molar-refractivity contribution in [2.45, 2.75) is 0 Å². The molecule has 23 heavy (non-hydrogen) atoms. The molecule has 0 amide bonds. The van der Waals surface area contributed by atoms with Crippen molar-refractivity contribution in [3.63, 3.8) is 0 Å². The van der Waals surface area contributed by atoms with Crippen LogP contribution in [0.15, 0.2) is 30.6 Å². The smallest absolute Gasteiger partial charge is 0.189 e. The summed E-state index contributed by atoms with van der Waals surface area (Å²) >= 11 is 0. The molecule has 1 fully saturated rings. The molecular weight excluding hydrogens is 321 g/mol. The molecule has 3 aromatic rings. The summed E-state index contributed by atoms with van der Waals surface area (Å²) in [5.41, 5.74) is 1.80. The number of hydrogen-bond donors (Lipinski definition) is 1. The zero-order valence-electron chi connectivity index (χ0n) is 12.2. The Morgan fingerprint density at radius 3 is 2.74 bits per heavy atom. The van der Waals surface area contributed by atoms with Gasteiger partial charge in [0.1, 0.15) is 12.1 Å². The molecule has 4 rings (SSSR count). The Labute approximate surface area is 137 Å². The largest absolute Gasteiger partial charge is 0.352 e. The predicted molar refractivity (Wildman–Crippen MR) is 86.7 cm³/mol. The Bertz CT molecular complexity index is 816. The highest BCUT2D eigenvalue weighted by Gasteiger charge is 2.19. The Morgan fingerprint density at radius 2 is 1.96 bits per heavy atom. The molecule has 7 nitrogen and oxygen atoms in total. The van der Waals surface area contributed by atoms with Gasteiger partial charge in [-0.05, 0) is 18.2 Å². The molecule has 0 unspecified atom stereocenters. The summed E-state index contributed by atoms with van der Waals surface area (Å²) < 4.78 is 15.0. The lowest BCUT2D eigenvalue weighted by molar-refractivity contribution is 0.585. The van der Waals surface area contributed by atoms with Crippen molar-refractivity contribution in [1.29, 1.82) is 0 Å². The fourth-order valence-electron chi connectivity index (χ4n) is 2.63. The van der Waals surface area contributed by atoms with Crippen LogP contribution in [0, 0.1) is 5.82 Å². The maximum Gasteiger partial charge on any atom is 0.189 e. The molecule has 1 aromatic carbocycles. The Balaban J connectivity index is 0.00000156. The van der Waals surface area contributed by atoms with Gasteiger partial charge in [0, 0.05) is 26.2 Å². The van der Waals surface area contributed by atoms with E-state index >= 15 is 0 Å². The summed E-state index contributed by atoms with van der Waals surface area (Å²) in [6.07, 6.45) is 1.50. The first-order valence-electron chi connectivity index (χ1n) is 7.11. The number of hydrogen-bond acceptors (Lipinski definition) is 6. The second kappa shape index (κ2) is 6.43. The molecule has 1 saturated heterocycles. The lowest BCUT2D eigenvalue weighted by Crippen LogP contribution is -2.44. The first-order chi connectivity index (χ1) is 10.8. The molecule has 0 radical (unpaired) electrons. The van der Waals surface area contributed by atoms with Crippen molar-refractivity contribution in [1.82, 2.24) is 30.3 Å².